The number of nitrogens with one attached hydrogen (secondary N) is 4. The third-order valence-electron chi connectivity index (χ3n) is 14.9. The SMILES string of the molecule is CC(=O)N[C@@H]1[C@@H](O[C@@H]2O[C@H](CO)[C@H](O)[C@H](O[C@]3(C(=O)O)C[C@H](O)[C@@H](NC(C)=O)[C@H]([C@H](O)[C@H](O)CO)O3)[C@H]2O)[C@@H](O)[C@@H](CO[C@]2(C(=O)O)C[C@H](O)[C@@H](NC(C)=O)[C@H]([C@H](O)[C@@H](CO)O[C@]3(C(=O)O)C[C@H](O)[C@@H](NC(C)=O)[C@H]([C@H](O)[C@H](O)CO)O3)O2)O[C@@H]1O. The lowest BCUT2D eigenvalue weighted by Gasteiger charge is -2.51. The molecule has 5 rings (SSSR count). The lowest BCUT2D eigenvalue weighted by molar-refractivity contribution is -0.382. The van der Waals surface area contributed by atoms with E-state index >= 15 is 0 Å². The van der Waals surface area contributed by atoms with Crippen LogP contribution in [0.25, 0.3) is 0 Å². The number of carbonyl (C=O) groups excluding carboxylic acids is 4. The molecule has 4 amide bonds. The molecule has 5 aliphatic heterocycles. The van der Waals surface area contributed by atoms with Crippen molar-refractivity contribution in [2.24, 2.45) is 0 Å². The molecule has 5 saturated heterocycles. The largest absolute Gasteiger partial charge is 0.477 e. The summed E-state index contributed by atoms with van der Waals surface area (Å²) in [4.78, 5) is 88.5. The minimum atomic E-state index is -3.30. The molecule has 0 aromatic carbocycles. The number of rotatable bonds is 26. The van der Waals surface area contributed by atoms with Crippen molar-refractivity contribution in [3.63, 3.8) is 0 Å². The van der Waals surface area contributed by atoms with Gasteiger partial charge in [0.25, 0.3) is 17.4 Å². The maximum absolute atomic E-state index is 13.3. The fourth-order valence-corrected chi connectivity index (χ4v) is 10.6. The van der Waals surface area contributed by atoms with Gasteiger partial charge < -0.3 is 161 Å². The summed E-state index contributed by atoms with van der Waals surface area (Å²) in [6.45, 7) is -2.66. The molecular formula is C47H76N4O35. The Morgan fingerprint density at radius 3 is 1.31 bits per heavy atom. The maximum Gasteiger partial charge on any atom is 0.364 e. The average molecular weight is 1260 g/mol. The first kappa shape index (κ1) is 72.0. The molecule has 0 spiro atoms. The minimum Gasteiger partial charge on any atom is -0.477 e. The van der Waals surface area contributed by atoms with Crippen LogP contribution in [0.2, 0.25) is 0 Å². The fourth-order valence-electron chi connectivity index (χ4n) is 10.6. The van der Waals surface area contributed by atoms with E-state index in [-0.39, 0.29) is 0 Å². The molecular weight excluding hydrogens is 1180 g/mol. The number of carboxylic acids is 3. The summed E-state index contributed by atoms with van der Waals surface area (Å²) >= 11 is 0. The average Bonchev–Trinajstić information content (AvgIpc) is 0.859. The van der Waals surface area contributed by atoms with E-state index in [2.05, 4.69) is 21.3 Å². The number of aliphatic hydroxyl groups excluding tert-OH is 16. The van der Waals surface area contributed by atoms with Gasteiger partial charge >= 0.3 is 17.9 Å². The standard InChI is InChI=1S/C47H76N4O35/c1-13(56)48-25-18(61)6-46(43(74)75,84-36(25)29(65)20(63)8-52)82-23(11-55)32(68)38-27(50-15(3)58)17(60)5-45(83-38,42(72)73)78-12-24-33(69)35(28(40(71)79-24)51-16(4)59)81-41-34(70)39(31(67)22(10-54)80-41)86-47(44(76)77)7-19(62)26(49-14(2)57)37(85-47)30(66)21(64)9-53/h17-41,52-55,60-71H,5-12H2,1-4H3,(H,48,56)(H,49,57)(H,50,58)(H,51,59)(H,72,73)(H,74,75)(H,76,77)/t17-,18-,19-,20+,21+,22+,23+,24+,25+,26+,27+,28+,29+,30+,31-,32+,33-,34+,35+,36+,37+,38+,39-,40-,41-,45+,46+,47-/m0/s1. The zero-order valence-electron chi connectivity index (χ0n) is 46.1. The van der Waals surface area contributed by atoms with E-state index in [0.29, 0.717) is 0 Å². The Morgan fingerprint density at radius 1 is 0.500 bits per heavy atom. The highest BCUT2D eigenvalue weighted by Gasteiger charge is 2.63. The zero-order valence-corrected chi connectivity index (χ0v) is 46.1. The Hall–Kier alpha value is -4.71. The van der Waals surface area contributed by atoms with E-state index in [4.69, 9.17) is 42.6 Å². The first-order chi connectivity index (χ1) is 40.1. The van der Waals surface area contributed by atoms with E-state index < -0.39 is 264 Å². The summed E-state index contributed by atoms with van der Waals surface area (Å²) in [5.74, 6) is -20.0. The van der Waals surface area contributed by atoms with Crippen molar-refractivity contribution >= 4 is 41.5 Å². The molecule has 28 atom stereocenters. The van der Waals surface area contributed by atoms with Crippen LogP contribution in [-0.2, 0) is 76.2 Å². The Morgan fingerprint density at radius 2 is 0.895 bits per heavy atom. The van der Waals surface area contributed by atoms with Crippen LogP contribution in [0.5, 0.6) is 0 Å². The summed E-state index contributed by atoms with van der Waals surface area (Å²) in [6.07, 6.45) is -51.1. The van der Waals surface area contributed by atoms with Crippen molar-refractivity contribution in [1.82, 2.24) is 21.3 Å². The van der Waals surface area contributed by atoms with Crippen molar-refractivity contribution in [3.05, 3.63) is 0 Å². The van der Waals surface area contributed by atoms with Gasteiger partial charge in [-0.1, -0.05) is 0 Å². The molecule has 0 aromatic rings. The van der Waals surface area contributed by atoms with Gasteiger partial charge in [-0.2, -0.15) is 0 Å². The number of carbonyl (C=O) groups is 7. The van der Waals surface area contributed by atoms with Crippen LogP contribution in [0, 0.1) is 0 Å². The fraction of sp³-hybridized carbons (Fsp3) is 0.851. The van der Waals surface area contributed by atoms with Crippen LogP contribution in [0.15, 0.2) is 0 Å². The van der Waals surface area contributed by atoms with Gasteiger partial charge in [-0.25, -0.2) is 14.4 Å². The Kier molecular flexibility index (Phi) is 24.9. The molecule has 494 valence electrons. The first-order valence-electron chi connectivity index (χ1n) is 26.5. The lowest BCUT2D eigenvalue weighted by atomic mass is 9.87. The van der Waals surface area contributed by atoms with Crippen molar-refractivity contribution in [1.29, 1.82) is 0 Å². The molecule has 0 aliphatic carbocycles. The normalized spacial score (nSPS) is 40.6. The van der Waals surface area contributed by atoms with Crippen LogP contribution in [0.4, 0.5) is 0 Å². The molecule has 0 unspecified atom stereocenters. The van der Waals surface area contributed by atoms with Gasteiger partial charge in [-0.3, -0.25) is 19.2 Å². The smallest absolute Gasteiger partial charge is 0.364 e. The number of hydrogen-bond donors (Lipinski definition) is 23. The summed E-state index contributed by atoms with van der Waals surface area (Å²) in [5, 5.41) is 215. The predicted octanol–water partition coefficient (Wildman–Crippen LogP) is -13.7. The summed E-state index contributed by atoms with van der Waals surface area (Å²) in [5.41, 5.74) is 0. The highest BCUT2D eigenvalue weighted by molar-refractivity contribution is 5.78. The minimum absolute atomic E-state index is 0.862. The number of amides is 4. The van der Waals surface area contributed by atoms with Gasteiger partial charge in [-0.15, -0.1) is 0 Å². The van der Waals surface area contributed by atoms with Gasteiger partial charge in [0.2, 0.25) is 23.6 Å². The zero-order chi connectivity index (χ0) is 64.8. The predicted molar refractivity (Wildman–Crippen MR) is 265 cm³/mol. The second-order valence-electron chi connectivity index (χ2n) is 21.2. The maximum atomic E-state index is 13.3. The lowest BCUT2D eigenvalue weighted by Crippen LogP contribution is -2.71. The summed E-state index contributed by atoms with van der Waals surface area (Å²) in [7, 11) is 0. The van der Waals surface area contributed by atoms with Gasteiger partial charge in [0.05, 0.1) is 69.5 Å². The summed E-state index contributed by atoms with van der Waals surface area (Å²) in [6, 6.07) is -7.33. The van der Waals surface area contributed by atoms with Crippen LogP contribution >= 0.6 is 0 Å². The van der Waals surface area contributed by atoms with Crippen molar-refractivity contribution < 1.29 is 173 Å². The molecule has 39 nitrogen and oxygen atoms in total. The molecule has 5 aliphatic rings. The second kappa shape index (κ2) is 29.7. The molecule has 5 fully saturated rings. The number of ether oxygens (including phenoxy) is 9. The van der Waals surface area contributed by atoms with E-state index in [1.165, 1.54) is 0 Å². The van der Waals surface area contributed by atoms with Crippen molar-refractivity contribution in [2.45, 2.75) is 217 Å². The third kappa shape index (κ3) is 15.8. The van der Waals surface area contributed by atoms with Crippen LogP contribution in [0.1, 0.15) is 47.0 Å². The van der Waals surface area contributed by atoms with Crippen LogP contribution in [0.3, 0.4) is 0 Å². The van der Waals surface area contributed by atoms with Crippen LogP contribution < -0.4 is 21.3 Å². The number of aliphatic hydroxyl groups is 16. The number of hydrogen-bond acceptors (Lipinski definition) is 32. The Balaban J connectivity index is 1.46. The van der Waals surface area contributed by atoms with Gasteiger partial charge in [0.1, 0.15) is 104 Å². The Bertz CT molecular complexity index is 2350. The van der Waals surface area contributed by atoms with E-state index in [1.54, 1.807) is 0 Å². The van der Waals surface area contributed by atoms with E-state index in [9.17, 15) is 131 Å². The third-order valence-corrected chi connectivity index (χ3v) is 14.9. The monoisotopic (exact) mass is 1260 g/mol. The number of carboxylic acid groups (broad SMARTS) is 3. The number of aliphatic carboxylic acids is 3. The molecule has 0 aromatic heterocycles. The molecule has 0 bridgehead atoms. The van der Waals surface area contributed by atoms with E-state index in [1.807, 2.05) is 0 Å². The van der Waals surface area contributed by atoms with E-state index in [0.717, 1.165) is 27.7 Å². The highest BCUT2D eigenvalue weighted by atomic mass is 16.8. The topological polar surface area (TPSA) is 635 Å². The molecule has 0 saturated carbocycles. The van der Waals surface area contributed by atoms with Gasteiger partial charge in [0.15, 0.2) is 12.6 Å². The van der Waals surface area contributed by atoms with Crippen molar-refractivity contribution in [3.8, 4) is 0 Å². The quantitative estimate of drug-likeness (QED) is 0.0382. The molecule has 5 heterocycles. The molecule has 86 heavy (non-hydrogen) atoms. The van der Waals surface area contributed by atoms with Crippen LogP contribution in [-0.4, -0.2) is 342 Å². The Labute approximate surface area is 485 Å². The van der Waals surface area contributed by atoms with Gasteiger partial charge in [0, 0.05) is 47.0 Å². The summed E-state index contributed by atoms with van der Waals surface area (Å²) < 4.78 is 50.8. The first-order valence-corrected chi connectivity index (χ1v) is 26.5. The highest BCUT2D eigenvalue weighted by Crippen LogP contribution is 2.41. The van der Waals surface area contributed by atoms with Crippen molar-refractivity contribution in [2.75, 3.05) is 33.0 Å². The van der Waals surface area contributed by atoms with Gasteiger partial charge in [-0.05, 0) is 0 Å². The second-order valence-corrected chi connectivity index (χ2v) is 21.2. The molecule has 23 N–H and O–H groups in total. The molecule has 0 radical (unpaired) electrons. The molecule has 39 heteroatoms.